The molecule has 0 aliphatic carbocycles. The van der Waals surface area contributed by atoms with Crippen LogP contribution in [0.4, 0.5) is 4.39 Å². The molecule has 3 aromatic carbocycles. The summed E-state index contributed by atoms with van der Waals surface area (Å²) >= 11 is 0. The minimum atomic E-state index is -0.521. The van der Waals surface area contributed by atoms with Gasteiger partial charge in [-0.15, -0.1) is 0 Å². The average molecular weight is 454 g/mol. The number of benzene rings is 3. The Morgan fingerprint density at radius 3 is 2.32 bits per heavy atom. The number of carbonyl (C=O) groups excluding carboxylic acids is 3. The number of imide groups is 1. The zero-order valence-corrected chi connectivity index (χ0v) is 18.0. The van der Waals surface area contributed by atoms with Gasteiger partial charge in [0.05, 0.1) is 22.8 Å². The average Bonchev–Trinajstić information content (AvgIpc) is 3.08. The van der Waals surface area contributed by atoms with Crippen molar-refractivity contribution in [1.29, 1.82) is 5.26 Å². The largest absolute Gasteiger partial charge is 0.427 e. The molecule has 168 valence electrons. The molecular formula is C27H19FN2O4. The molecule has 0 saturated carbocycles. The van der Waals surface area contributed by atoms with Crippen LogP contribution in [0.25, 0.3) is 11.6 Å². The molecule has 0 fully saturated rings. The first-order valence-corrected chi connectivity index (χ1v) is 10.6. The minimum absolute atomic E-state index is 0.00610. The third-order valence-corrected chi connectivity index (χ3v) is 5.33. The molecule has 7 heteroatoms. The highest BCUT2D eigenvalue weighted by molar-refractivity contribution is 6.21. The van der Waals surface area contributed by atoms with Crippen LogP contribution in [-0.2, 0) is 4.79 Å². The van der Waals surface area contributed by atoms with Gasteiger partial charge in [0.1, 0.15) is 11.6 Å². The number of nitriles is 1. The first-order chi connectivity index (χ1) is 16.5. The van der Waals surface area contributed by atoms with Gasteiger partial charge in [0.2, 0.25) is 0 Å². The number of hydrogen-bond acceptors (Lipinski definition) is 5. The third kappa shape index (κ3) is 4.76. The Hall–Kier alpha value is -4.57. The predicted molar refractivity (Wildman–Crippen MR) is 123 cm³/mol. The van der Waals surface area contributed by atoms with Gasteiger partial charge in [0, 0.05) is 18.5 Å². The van der Waals surface area contributed by atoms with Crippen LogP contribution in [0.1, 0.15) is 44.7 Å². The van der Waals surface area contributed by atoms with Crippen LogP contribution < -0.4 is 4.74 Å². The number of esters is 1. The lowest BCUT2D eigenvalue weighted by molar-refractivity contribution is -0.134. The van der Waals surface area contributed by atoms with Gasteiger partial charge in [-0.25, -0.2) is 4.39 Å². The van der Waals surface area contributed by atoms with E-state index in [1.165, 1.54) is 18.2 Å². The van der Waals surface area contributed by atoms with E-state index in [4.69, 9.17) is 4.74 Å². The molecule has 0 saturated heterocycles. The number of allylic oxidation sites excluding steroid dienone is 1. The Labute approximate surface area is 195 Å². The summed E-state index contributed by atoms with van der Waals surface area (Å²) in [4.78, 5) is 38.2. The van der Waals surface area contributed by atoms with E-state index in [0.717, 1.165) is 4.90 Å². The molecule has 0 N–H and O–H groups in total. The number of rotatable bonds is 7. The van der Waals surface area contributed by atoms with E-state index in [9.17, 15) is 24.0 Å². The van der Waals surface area contributed by atoms with Gasteiger partial charge >= 0.3 is 5.97 Å². The molecular weight excluding hydrogens is 435 g/mol. The normalized spacial score (nSPS) is 12.9. The second kappa shape index (κ2) is 9.92. The van der Waals surface area contributed by atoms with Crippen LogP contribution in [0.5, 0.6) is 5.75 Å². The minimum Gasteiger partial charge on any atom is -0.427 e. The van der Waals surface area contributed by atoms with Crippen molar-refractivity contribution >= 4 is 29.4 Å². The van der Waals surface area contributed by atoms with Crippen LogP contribution in [0.3, 0.4) is 0 Å². The predicted octanol–water partition coefficient (Wildman–Crippen LogP) is 4.87. The fraction of sp³-hybridized carbons (Fsp3) is 0.111. The highest BCUT2D eigenvalue weighted by Crippen LogP contribution is 2.24. The van der Waals surface area contributed by atoms with E-state index < -0.39 is 11.8 Å². The van der Waals surface area contributed by atoms with Crippen molar-refractivity contribution in [1.82, 2.24) is 4.90 Å². The Morgan fingerprint density at radius 2 is 1.65 bits per heavy atom. The molecule has 3 aromatic rings. The fourth-order valence-electron chi connectivity index (χ4n) is 3.69. The van der Waals surface area contributed by atoms with Gasteiger partial charge in [-0.05, 0) is 48.4 Å². The standard InChI is InChI=1S/C27H19FN2O4/c28-24-12-4-3-9-21(24)19(17-29)15-18-7-5-8-20(16-18)34-25(31)13-6-14-30-26(32)22-10-1-2-11-23(22)27(30)33/h1-5,7-12,15-16H,6,13-14H2/b19-15-. The second-order valence-corrected chi connectivity index (χ2v) is 7.61. The lowest BCUT2D eigenvalue weighted by Gasteiger charge is -2.13. The Bertz CT molecular complexity index is 1320. The summed E-state index contributed by atoms with van der Waals surface area (Å²) in [7, 11) is 0. The zero-order chi connectivity index (χ0) is 24.1. The number of fused-ring (bicyclic) bond motifs is 1. The first-order valence-electron chi connectivity index (χ1n) is 10.6. The molecule has 0 radical (unpaired) electrons. The van der Waals surface area contributed by atoms with Crippen molar-refractivity contribution in [3.05, 3.63) is 101 Å². The van der Waals surface area contributed by atoms with Crippen LogP contribution in [-0.4, -0.2) is 29.2 Å². The SMILES string of the molecule is N#C/C(=C/c1cccc(OC(=O)CCCN2C(=O)c3ccccc3C2=O)c1)c1ccccc1F. The third-order valence-electron chi connectivity index (χ3n) is 5.33. The fourth-order valence-corrected chi connectivity index (χ4v) is 3.69. The van der Waals surface area contributed by atoms with Crippen molar-refractivity contribution in [2.75, 3.05) is 6.54 Å². The van der Waals surface area contributed by atoms with Crippen molar-refractivity contribution < 1.29 is 23.5 Å². The maximum absolute atomic E-state index is 14.0. The number of carbonyl (C=O) groups is 3. The topological polar surface area (TPSA) is 87.5 Å². The van der Waals surface area contributed by atoms with Gasteiger partial charge in [-0.3, -0.25) is 19.3 Å². The smallest absolute Gasteiger partial charge is 0.311 e. The first kappa shape index (κ1) is 22.6. The van der Waals surface area contributed by atoms with E-state index in [0.29, 0.717) is 16.7 Å². The van der Waals surface area contributed by atoms with Gasteiger partial charge in [0.25, 0.3) is 11.8 Å². The van der Waals surface area contributed by atoms with Crippen LogP contribution in [0, 0.1) is 17.1 Å². The summed E-state index contributed by atoms with van der Waals surface area (Å²) < 4.78 is 19.4. The van der Waals surface area contributed by atoms with Crippen LogP contribution in [0.15, 0.2) is 72.8 Å². The van der Waals surface area contributed by atoms with E-state index in [-0.39, 0.29) is 48.1 Å². The molecule has 4 rings (SSSR count). The number of hydrogen-bond donors (Lipinski definition) is 0. The van der Waals surface area contributed by atoms with Gasteiger partial charge in [-0.2, -0.15) is 5.26 Å². The molecule has 1 aliphatic rings. The van der Waals surface area contributed by atoms with Crippen molar-refractivity contribution in [3.63, 3.8) is 0 Å². The molecule has 34 heavy (non-hydrogen) atoms. The van der Waals surface area contributed by atoms with Gasteiger partial charge < -0.3 is 4.74 Å². The number of halogens is 1. The molecule has 6 nitrogen and oxygen atoms in total. The number of amides is 2. The maximum Gasteiger partial charge on any atom is 0.311 e. The zero-order valence-electron chi connectivity index (χ0n) is 18.0. The lowest BCUT2D eigenvalue weighted by atomic mass is 10.0. The Balaban J connectivity index is 1.36. The highest BCUT2D eigenvalue weighted by Gasteiger charge is 2.34. The Morgan fingerprint density at radius 1 is 0.971 bits per heavy atom. The van der Waals surface area contributed by atoms with E-state index >= 15 is 0 Å². The Kier molecular flexibility index (Phi) is 6.60. The van der Waals surface area contributed by atoms with Crippen molar-refractivity contribution in [3.8, 4) is 11.8 Å². The second-order valence-electron chi connectivity index (χ2n) is 7.61. The summed E-state index contributed by atoms with van der Waals surface area (Å²) in [6.45, 7) is 0.110. The molecule has 0 spiro atoms. The van der Waals surface area contributed by atoms with Crippen LogP contribution >= 0.6 is 0 Å². The summed E-state index contributed by atoms with van der Waals surface area (Å²) in [5.74, 6) is -1.48. The molecule has 1 aliphatic heterocycles. The monoisotopic (exact) mass is 454 g/mol. The molecule has 0 aromatic heterocycles. The summed E-state index contributed by atoms with van der Waals surface area (Å²) in [5, 5.41) is 9.44. The number of ether oxygens (including phenoxy) is 1. The van der Waals surface area contributed by atoms with E-state index in [2.05, 4.69) is 0 Å². The van der Waals surface area contributed by atoms with E-state index in [1.54, 1.807) is 60.7 Å². The van der Waals surface area contributed by atoms with Gasteiger partial charge in [-0.1, -0.05) is 42.5 Å². The maximum atomic E-state index is 14.0. The molecule has 0 bridgehead atoms. The van der Waals surface area contributed by atoms with E-state index in [1.807, 2.05) is 6.07 Å². The highest BCUT2D eigenvalue weighted by atomic mass is 19.1. The number of nitrogens with zero attached hydrogens (tertiary/aromatic N) is 2. The molecule has 0 atom stereocenters. The van der Waals surface area contributed by atoms with Crippen LogP contribution in [0.2, 0.25) is 0 Å². The van der Waals surface area contributed by atoms with Gasteiger partial charge in [0.15, 0.2) is 0 Å². The van der Waals surface area contributed by atoms with Crippen molar-refractivity contribution in [2.45, 2.75) is 12.8 Å². The summed E-state index contributed by atoms with van der Waals surface area (Å²) in [6, 6.07) is 21.1. The summed E-state index contributed by atoms with van der Waals surface area (Å²) in [6.07, 6.45) is 1.78. The summed E-state index contributed by atoms with van der Waals surface area (Å²) in [5.41, 5.74) is 1.62. The molecule has 1 heterocycles. The molecule has 0 unspecified atom stereocenters. The van der Waals surface area contributed by atoms with Crippen molar-refractivity contribution in [2.24, 2.45) is 0 Å². The quantitative estimate of drug-likeness (QED) is 0.167. The lowest BCUT2D eigenvalue weighted by Crippen LogP contribution is -2.31. The molecule has 2 amide bonds.